The largest absolute Gasteiger partial charge is 0.416 e. The highest BCUT2D eigenvalue weighted by Crippen LogP contribution is 2.37. The summed E-state index contributed by atoms with van der Waals surface area (Å²) < 4.78 is 53.0. The monoisotopic (exact) mass is 544 g/mol. The van der Waals surface area contributed by atoms with Crippen LogP contribution in [-0.2, 0) is 17.4 Å². The summed E-state index contributed by atoms with van der Waals surface area (Å²) in [5, 5.41) is 1.50. The Labute approximate surface area is 214 Å². The third-order valence-corrected chi connectivity index (χ3v) is 6.64. The summed E-state index contributed by atoms with van der Waals surface area (Å²) in [6.45, 7) is 0.974. The lowest BCUT2D eigenvalue weighted by Crippen LogP contribution is -2.51. The third kappa shape index (κ3) is 6.02. The second-order valence-corrected chi connectivity index (χ2v) is 9.50. The van der Waals surface area contributed by atoms with E-state index in [0.29, 0.717) is 34.2 Å². The first-order valence-corrected chi connectivity index (χ1v) is 11.8. The molecule has 0 spiro atoms. The normalized spacial score (nSPS) is 16.5. The molecule has 1 aliphatic rings. The highest BCUT2D eigenvalue weighted by molar-refractivity contribution is 6.36. The van der Waals surface area contributed by atoms with Crippen molar-refractivity contribution in [1.29, 1.82) is 0 Å². The predicted octanol–water partition coefficient (Wildman–Crippen LogP) is 7.44. The zero-order chi connectivity index (χ0) is 25.3. The van der Waals surface area contributed by atoms with E-state index in [4.69, 9.17) is 34.8 Å². The maximum atomic E-state index is 13.8. The van der Waals surface area contributed by atoms with E-state index in [1.165, 1.54) is 0 Å². The van der Waals surface area contributed by atoms with Crippen molar-refractivity contribution in [3.63, 3.8) is 0 Å². The third-order valence-electron chi connectivity index (χ3n) is 5.85. The van der Waals surface area contributed by atoms with Crippen molar-refractivity contribution >= 4 is 46.4 Å². The van der Waals surface area contributed by atoms with Crippen molar-refractivity contribution in [3.05, 3.63) is 98.2 Å². The fraction of sp³-hybridized carbons (Fsp3) is 0.240. The summed E-state index contributed by atoms with van der Waals surface area (Å²) in [6, 6.07) is 14.2. The molecule has 3 nitrogen and oxygen atoms in total. The average Bonchev–Trinajstić information content (AvgIpc) is 2.78. The van der Waals surface area contributed by atoms with Crippen molar-refractivity contribution in [3.8, 4) is 0 Å². The molecule has 3 aromatic carbocycles. The molecule has 1 unspecified atom stereocenters. The Morgan fingerprint density at radius 3 is 2.26 bits per heavy atom. The van der Waals surface area contributed by atoms with Crippen LogP contribution in [-0.4, -0.2) is 30.4 Å². The number of nitrogens with zero attached hydrogens (tertiary/aromatic N) is 2. The Morgan fingerprint density at radius 1 is 0.914 bits per heavy atom. The molecule has 0 radical (unpaired) electrons. The Hall–Kier alpha value is -2.48. The van der Waals surface area contributed by atoms with Crippen LogP contribution in [0.2, 0.25) is 15.1 Å². The molecule has 1 saturated heterocycles. The van der Waals surface area contributed by atoms with Crippen molar-refractivity contribution in [1.82, 2.24) is 4.90 Å². The molecule has 0 saturated carbocycles. The van der Waals surface area contributed by atoms with Gasteiger partial charge in [-0.15, -0.1) is 0 Å². The van der Waals surface area contributed by atoms with Crippen molar-refractivity contribution < 1.29 is 22.4 Å². The molecule has 1 fully saturated rings. The standard InChI is InChI=1S/C25H19Cl3F4N2O/c26-18-3-1-16(2-4-18)23-14-33(7-8-34(23)22-6-5-19(27)13-21(22)28)24(35)11-15-9-17(25(30,31)32)12-20(29)10-15/h1-6,9-10,12-13,23H,7-8,11,14H2. The summed E-state index contributed by atoms with van der Waals surface area (Å²) in [6.07, 6.45) is -5.06. The Morgan fingerprint density at radius 2 is 1.60 bits per heavy atom. The van der Waals surface area contributed by atoms with Crippen LogP contribution in [0.1, 0.15) is 22.7 Å². The summed E-state index contributed by atoms with van der Waals surface area (Å²) in [4.78, 5) is 16.7. The van der Waals surface area contributed by atoms with Gasteiger partial charge in [-0.25, -0.2) is 4.39 Å². The van der Waals surface area contributed by atoms with Crippen LogP contribution in [0, 0.1) is 5.82 Å². The van der Waals surface area contributed by atoms with Gasteiger partial charge in [0.2, 0.25) is 5.91 Å². The molecule has 184 valence electrons. The van der Waals surface area contributed by atoms with Crippen LogP contribution in [0.3, 0.4) is 0 Å². The highest BCUT2D eigenvalue weighted by atomic mass is 35.5. The number of hydrogen-bond acceptors (Lipinski definition) is 2. The zero-order valence-corrected chi connectivity index (χ0v) is 20.4. The van der Waals surface area contributed by atoms with Crippen LogP contribution in [0.4, 0.5) is 23.2 Å². The van der Waals surface area contributed by atoms with Gasteiger partial charge in [-0.2, -0.15) is 13.2 Å². The summed E-state index contributed by atoms with van der Waals surface area (Å²) in [7, 11) is 0. The summed E-state index contributed by atoms with van der Waals surface area (Å²) in [5.41, 5.74) is 0.459. The minimum atomic E-state index is -4.71. The van der Waals surface area contributed by atoms with E-state index in [1.807, 2.05) is 12.1 Å². The maximum Gasteiger partial charge on any atom is 0.416 e. The quantitative estimate of drug-likeness (QED) is 0.318. The van der Waals surface area contributed by atoms with E-state index in [1.54, 1.807) is 35.2 Å². The van der Waals surface area contributed by atoms with E-state index < -0.39 is 23.5 Å². The number of piperazine rings is 1. The van der Waals surface area contributed by atoms with Gasteiger partial charge in [0, 0.05) is 29.7 Å². The number of alkyl halides is 3. The molecule has 1 heterocycles. The minimum Gasteiger partial charge on any atom is -0.360 e. The van der Waals surface area contributed by atoms with Gasteiger partial charge in [0.25, 0.3) is 0 Å². The predicted molar refractivity (Wildman–Crippen MR) is 130 cm³/mol. The van der Waals surface area contributed by atoms with Gasteiger partial charge in [-0.3, -0.25) is 4.79 Å². The first kappa shape index (κ1) is 25.6. The SMILES string of the molecule is O=C(Cc1cc(F)cc(C(F)(F)F)c1)N1CCN(c2ccc(Cl)cc2Cl)C(c2ccc(Cl)cc2)C1. The molecule has 0 aliphatic carbocycles. The Balaban J connectivity index is 1.60. The number of anilines is 1. The van der Waals surface area contributed by atoms with Gasteiger partial charge in [-0.05, 0) is 59.7 Å². The number of rotatable bonds is 4. The van der Waals surface area contributed by atoms with Crippen molar-refractivity contribution in [2.24, 2.45) is 0 Å². The van der Waals surface area contributed by atoms with Crippen LogP contribution < -0.4 is 4.90 Å². The molecule has 0 N–H and O–H groups in total. The molecular weight excluding hydrogens is 527 g/mol. The molecule has 1 amide bonds. The molecule has 4 rings (SSSR count). The van der Waals surface area contributed by atoms with Crippen LogP contribution >= 0.6 is 34.8 Å². The Kier molecular flexibility index (Phi) is 7.50. The minimum absolute atomic E-state index is 0.0338. The molecule has 35 heavy (non-hydrogen) atoms. The van der Waals surface area contributed by atoms with E-state index in [0.717, 1.165) is 23.4 Å². The lowest BCUT2D eigenvalue weighted by atomic mass is 10.00. The molecule has 10 heteroatoms. The van der Waals surface area contributed by atoms with Gasteiger partial charge in [0.15, 0.2) is 0 Å². The molecule has 0 aromatic heterocycles. The van der Waals surface area contributed by atoms with Crippen LogP contribution in [0.25, 0.3) is 0 Å². The topological polar surface area (TPSA) is 23.6 Å². The second-order valence-electron chi connectivity index (χ2n) is 8.22. The lowest BCUT2D eigenvalue weighted by Gasteiger charge is -2.43. The molecular formula is C25H19Cl3F4N2O. The lowest BCUT2D eigenvalue weighted by molar-refractivity contribution is -0.138. The zero-order valence-electron chi connectivity index (χ0n) is 18.1. The van der Waals surface area contributed by atoms with Crippen LogP contribution in [0.15, 0.2) is 60.7 Å². The van der Waals surface area contributed by atoms with Gasteiger partial charge < -0.3 is 9.80 Å². The number of hydrogen-bond donors (Lipinski definition) is 0. The van der Waals surface area contributed by atoms with E-state index in [-0.39, 0.29) is 24.6 Å². The molecule has 3 aromatic rings. The summed E-state index contributed by atoms with van der Waals surface area (Å²) in [5.74, 6) is -1.44. The average molecular weight is 546 g/mol. The first-order valence-electron chi connectivity index (χ1n) is 10.6. The van der Waals surface area contributed by atoms with Gasteiger partial charge >= 0.3 is 6.18 Å². The van der Waals surface area contributed by atoms with Crippen molar-refractivity contribution in [2.75, 3.05) is 24.5 Å². The van der Waals surface area contributed by atoms with Gasteiger partial charge in [0.05, 0.1) is 28.7 Å². The van der Waals surface area contributed by atoms with Gasteiger partial charge in [0.1, 0.15) is 5.82 Å². The number of amides is 1. The van der Waals surface area contributed by atoms with E-state index in [9.17, 15) is 22.4 Å². The number of benzene rings is 3. The van der Waals surface area contributed by atoms with Crippen LogP contribution in [0.5, 0.6) is 0 Å². The fourth-order valence-electron chi connectivity index (χ4n) is 4.18. The second kappa shape index (κ2) is 10.2. The number of halogens is 7. The first-order chi connectivity index (χ1) is 16.5. The molecule has 1 atom stereocenters. The fourth-order valence-corrected chi connectivity index (χ4v) is 4.83. The van der Waals surface area contributed by atoms with Gasteiger partial charge in [-0.1, -0.05) is 46.9 Å². The number of carbonyl (C=O) groups excluding carboxylic acids is 1. The Bertz CT molecular complexity index is 1230. The maximum absolute atomic E-state index is 13.8. The van der Waals surface area contributed by atoms with E-state index >= 15 is 0 Å². The smallest absolute Gasteiger partial charge is 0.360 e. The summed E-state index contributed by atoms with van der Waals surface area (Å²) >= 11 is 18.6. The molecule has 1 aliphatic heterocycles. The van der Waals surface area contributed by atoms with E-state index in [2.05, 4.69) is 4.90 Å². The highest BCUT2D eigenvalue weighted by Gasteiger charge is 2.34. The number of carbonyl (C=O) groups is 1. The van der Waals surface area contributed by atoms with Crippen molar-refractivity contribution in [2.45, 2.75) is 18.6 Å². The molecule has 0 bridgehead atoms.